The molecule has 1 rings (SSSR count). The van der Waals surface area contributed by atoms with Gasteiger partial charge in [-0.3, -0.25) is 4.79 Å². The number of carboxylic acid groups (broad SMARTS) is 1. The minimum Gasteiger partial charge on any atom is -0.481 e. The van der Waals surface area contributed by atoms with Gasteiger partial charge in [-0.05, 0) is 24.1 Å². The molecule has 5 heteroatoms. The van der Waals surface area contributed by atoms with Gasteiger partial charge in [-0.1, -0.05) is 26.0 Å². The number of halogens is 1. The Morgan fingerprint density at radius 1 is 1.42 bits per heavy atom. The maximum atomic E-state index is 13.2. The normalized spacial score (nSPS) is 14.4. The van der Waals surface area contributed by atoms with Gasteiger partial charge in [0.15, 0.2) is 0 Å². The molecule has 1 aromatic carbocycles. The molecule has 0 aromatic heterocycles. The first-order valence-corrected chi connectivity index (χ1v) is 6.23. The molecule has 0 fully saturated rings. The second-order valence-corrected chi connectivity index (χ2v) is 4.98. The van der Waals surface area contributed by atoms with Crippen molar-refractivity contribution in [2.45, 2.75) is 45.4 Å². The molecule has 0 bridgehead atoms. The average molecular weight is 269 g/mol. The summed E-state index contributed by atoms with van der Waals surface area (Å²) in [6.07, 6.45) is -1.19. The molecule has 0 amide bonds. The third kappa shape index (κ3) is 4.61. The smallest absolute Gasteiger partial charge is 0.305 e. The van der Waals surface area contributed by atoms with E-state index in [9.17, 15) is 14.3 Å². The predicted molar refractivity (Wildman–Crippen MR) is 70.4 cm³/mol. The maximum absolute atomic E-state index is 13.2. The van der Waals surface area contributed by atoms with Crippen LogP contribution in [0.3, 0.4) is 0 Å². The molecule has 0 aliphatic heterocycles. The zero-order valence-corrected chi connectivity index (χ0v) is 11.4. The van der Waals surface area contributed by atoms with Gasteiger partial charge < -0.3 is 15.5 Å². The number of carboxylic acids is 1. The molecule has 0 radical (unpaired) electrons. The van der Waals surface area contributed by atoms with Gasteiger partial charge in [-0.15, -0.1) is 0 Å². The summed E-state index contributed by atoms with van der Waals surface area (Å²) in [6.45, 7) is 5.35. The van der Waals surface area contributed by atoms with Crippen LogP contribution in [0.1, 0.15) is 37.5 Å². The van der Waals surface area contributed by atoms with E-state index in [0.29, 0.717) is 11.1 Å². The van der Waals surface area contributed by atoms with Crippen LogP contribution in [0.25, 0.3) is 0 Å². The molecule has 0 saturated heterocycles. The summed E-state index contributed by atoms with van der Waals surface area (Å²) >= 11 is 0. The van der Waals surface area contributed by atoms with Gasteiger partial charge in [0.2, 0.25) is 0 Å². The first-order valence-electron chi connectivity index (χ1n) is 6.23. The van der Waals surface area contributed by atoms with Crippen molar-refractivity contribution >= 4 is 5.97 Å². The van der Waals surface area contributed by atoms with E-state index in [-0.39, 0.29) is 18.3 Å². The van der Waals surface area contributed by atoms with E-state index in [1.165, 1.54) is 18.2 Å². The summed E-state index contributed by atoms with van der Waals surface area (Å²) in [4.78, 5) is 10.8. The Bertz CT molecular complexity index is 448. The Labute approximate surface area is 112 Å². The molecule has 0 saturated carbocycles. The highest BCUT2D eigenvalue weighted by Crippen LogP contribution is 2.21. The highest BCUT2D eigenvalue weighted by Gasteiger charge is 2.24. The SMILES string of the molecule is Cc1cc(C(O)C(CC(=O)O)NC(C)C)ccc1F. The minimum atomic E-state index is -0.990. The summed E-state index contributed by atoms with van der Waals surface area (Å²) in [5.74, 6) is -1.33. The predicted octanol–water partition coefficient (Wildman–Crippen LogP) is 2.01. The van der Waals surface area contributed by atoms with Crippen LogP contribution in [-0.2, 0) is 4.79 Å². The lowest BCUT2D eigenvalue weighted by atomic mass is 9.97. The van der Waals surface area contributed by atoms with Crippen molar-refractivity contribution < 1.29 is 19.4 Å². The average Bonchev–Trinajstić information content (AvgIpc) is 2.29. The van der Waals surface area contributed by atoms with Crippen LogP contribution in [0, 0.1) is 12.7 Å². The van der Waals surface area contributed by atoms with Gasteiger partial charge in [-0.25, -0.2) is 4.39 Å². The van der Waals surface area contributed by atoms with E-state index in [1.54, 1.807) is 6.92 Å². The van der Waals surface area contributed by atoms with Crippen LogP contribution in [0.5, 0.6) is 0 Å². The van der Waals surface area contributed by atoms with Crippen LogP contribution in [0.2, 0.25) is 0 Å². The Kier molecular flexibility index (Phi) is 5.44. The van der Waals surface area contributed by atoms with E-state index in [4.69, 9.17) is 5.11 Å². The monoisotopic (exact) mass is 269 g/mol. The van der Waals surface area contributed by atoms with Crippen molar-refractivity contribution in [1.29, 1.82) is 0 Å². The summed E-state index contributed by atoms with van der Waals surface area (Å²) in [7, 11) is 0. The molecule has 2 unspecified atom stereocenters. The Balaban J connectivity index is 2.93. The maximum Gasteiger partial charge on any atom is 0.305 e. The van der Waals surface area contributed by atoms with Crippen LogP contribution in [-0.4, -0.2) is 28.3 Å². The van der Waals surface area contributed by atoms with Crippen molar-refractivity contribution in [3.05, 3.63) is 35.1 Å². The zero-order valence-electron chi connectivity index (χ0n) is 11.4. The fraction of sp³-hybridized carbons (Fsp3) is 0.500. The van der Waals surface area contributed by atoms with Crippen molar-refractivity contribution in [2.75, 3.05) is 0 Å². The molecular formula is C14H20FNO3. The molecule has 19 heavy (non-hydrogen) atoms. The number of aliphatic hydroxyl groups excluding tert-OH is 1. The van der Waals surface area contributed by atoms with Gasteiger partial charge in [0.1, 0.15) is 5.82 Å². The number of carbonyl (C=O) groups is 1. The van der Waals surface area contributed by atoms with E-state index >= 15 is 0 Å². The fourth-order valence-electron chi connectivity index (χ4n) is 1.96. The summed E-state index contributed by atoms with van der Waals surface area (Å²) in [6, 6.07) is 3.73. The summed E-state index contributed by atoms with van der Waals surface area (Å²) in [5, 5.41) is 22.1. The lowest BCUT2D eigenvalue weighted by Gasteiger charge is -2.25. The molecule has 0 aliphatic rings. The summed E-state index contributed by atoms with van der Waals surface area (Å²) in [5.41, 5.74) is 0.938. The van der Waals surface area contributed by atoms with E-state index in [1.807, 2.05) is 13.8 Å². The number of benzene rings is 1. The second-order valence-electron chi connectivity index (χ2n) is 4.98. The molecule has 0 aliphatic carbocycles. The Morgan fingerprint density at radius 3 is 2.53 bits per heavy atom. The lowest BCUT2D eigenvalue weighted by molar-refractivity contribution is -0.138. The number of hydrogen-bond acceptors (Lipinski definition) is 3. The van der Waals surface area contributed by atoms with Crippen LogP contribution in [0.15, 0.2) is 18.2 Å². The highest BCUT2D eigenvalue weighted by molar-refractivity contribution is 5.67. The Hall–Kier alpha value is -1.46. The first kappa shape index (κ1) is 15.6. The minimum absolute atomic E-state index is 0.0422. The molecule has 0 spiro atoms. The first-order chi connectivity index (χ1) is 8.81. The molecule has 4 nitrogen and oxygen atoms in total. The van der Waals surface area contributed by atoms with Crippen LogP contribution in [0.4, 0.5) is 4.39 Å². The van der Waals surface area contributed by atoms with Crippen LogP contribution < -0.4 is 5.32 Å². The number of hydrogen-bond donors (Lipinski definition) is 3. The quantitative estimate of drug-likeness (QED) is 0.739. The molecular weight excluding hydrogens is 249 g/mol. The largest absolute Gasteiger partial charge is 0.481 e. The van der Waals surface area contributed by atoms with E-state index < -0.39 is 18.1 Å². The molecule has 0 heterocycles. The van der Waals surface area contributed by atoms with Gasteiger partial charge in [0.05, 0.1) is 12.5 Å². The topological polar surface area (TPSA) is 69.6 Å². The standard InChI is InChI=1S/C14H20FNO3/c1-8(2)16-12(7-13(17)18)14(19)10-4-5-11(15)9(3)6-10/h4-6,8,12,14,16,19H,7H2,1-3H3,(H,17,18). The van der Waals surface area contributed by atoms with E-state index in [2.05, 4.69) is 5.32 Å². The molecule has 1 aromatic rings. The number of aliphatic hydroxyl groups is 1. The van der Waals surface area contributed by atoms with Crippen molar-refractivity contribution in [3.8, 4) is 0 Å². The zero-order chi connectivity index (χ0) is 14.6. The van der Waals surface area contributed by atoms with Gasteiger partial charge in [0, 0.05) is 12.1 Å². The van der Waals surface area contributed by atoms with Crippen LogP contribution >= 0.6 is 0 Å². The molecule has 106 valence electrons. The Morgan fingerprint density at radius 2 is 2.05 bits per heavy atom. The van der Waals surface area contributed by atoms with Gasteiger partial charge in [-0.2, -0.15) is 0 Å². The van der Waals surface area contributed by atoms with E-state index in [0.717, 1.165) is 0 Å². The number of aryl methyl sites for hydroxylation is 1. The van der Waals surface area contributed by atoms with Gasteiger partial charge in [0.25, 0.3) is 0 Å². The third-order valence-corrected chi connectivity index (χ3v) is 2.85. The van der Waals surface area contributed by atoms with Crippen molar-refractivity contribution in [3.63, 3.8) is 0 Å². The highest BCUT2D eigenvalue weighted by atomic mass is 19.1. The van der Waals surface area contributed by atoms with Gasteiger partial charge >= 0.3 is 5.97 Å². The van der Waals surface area contributed by atoms with Crippen molar-refractivity contribution in [2.24, 2.45) is 0 Å². The fourth-order valence-corrected chi connectivity index (χ4v) is 1.96. The second kappa shape index (κ2) is 6.63. The lowest BCUT2D eigenvalue weighted by Crippen LogP contribution is -2.40. The molecule has 2 atom stereocenters. The molecule has 3 N–H and O–H groups in total. The number of nitrogens with one attached hydrogen (secondary N) is 1. The summed E-state index contributed by atoms with van der Waals surface area (Å²) < 4.78 is 13.2. The number of rotatable bonds is 6. The van der Waals surface area contributed by atoms with Crippen molar-refractivity contribution in [1.82, 2.24) is 5.32 Å². The number of aliphatic carboxylic acids is 1. The third-order valence-electron chi connectivity index (χ3n) is 2.85.